The lowest BCUT2D eigenvalue weighted by Gasteiger charge is -2.08. The fraction of sp³-hybridized carbons (Fsp3) is 0.278. The van der Waals surface area contributed by atoms with Crippen LogP contribution in [-0.4, -0.2) is 41.1 Å². The molecule has 3 aromatic rings. The Morgan fingerprint density at radius 1 is 1.19 bits per heavy atom. The van der Waals surface area contributed by atoms with Crippen molar-refractivity contribution in [3.05, 3.63) is 47.9 Å². The number of amides is 2. The number of carbonyl (C=O) groups is 1. The number of aryl methyl sites for hydroxylation is 1. The van der Waals surface area contributed by atoms with Gasteiger partial charge in [0.2, 0.25) is 0 Å². The van der Waals surface area contributed by atoms with E-state index in [2.05, 4.69) is 30.9 Å². The van der Waals surface area contributed by atoms with Gasteiger partial charge in [-0.3, -0.25) is 0 Å². The third-order valence-corrected chi connectivity index (χ3v) is 3.72. The SMILES string of the molecule is CNC(=O)NCCNc1nc(C)nc2[nH]c(COc3ccccc3)cc12. The summed E-state index contributed by atoms with van der Waals surface area (Å²) in [6, 6.07) is 11.4. The van der Waals surface area contributed by atoms with E-state index in [9.17, 15) is 4.79 Å². The average Bonchev–Trinajstić information content (AvgIpc) is 3.07. The van der Waals surface area contributed by atoms with Gasteiger partial charge >= 0.3 is 6.03 Å². The molecular weight excluding hydrogens is 332 g/mol. The molecule has 2 amide bonds. The molecule has 0 aliphatic heterocycles. The maximum atomic E-state index is 11.2. The fourth-order valence-electron chi connectivity index (χ4n) is 2.51. The molecule has 0 saturated carbocycles. The number of rotatable bonds is 7. The Kier molecular flexibility index (Phi) is 5.52. The average molecular weight is 354 g/mol. The number of anilines is 1. The first-order valence-corrected chi connectivity index (χ1v) is 8.39. The summed E-state index contributed by atoms with van der Waals surface area (Å²) in [5, 5.41) is 9.37. The van der Waals surface area contributed by atoms with Crippen molar-refractivity contribution in [1.29, 1.82) is 0 Å². The van der Waals surface area contributed by atoms with E-state index in [1.54, 1.807) is 7.05 Å². The Morgan fingerprint density at radius 2 is 2.00 bits per heavy atom. The monoisotopic (exact) mass is 354 g/mol. The minimum atomic E-state index is -0.210. The Hall–Kier alpha value is -3.29. The normalized spacial score (nSPS) is 10.5. The summed E-state index contributed by atoms with van der Waals surface area (Å²) in [6.45, 7) is 3.30. The first-order valence-electron chi connectivity index (χ1n) is 8.39. The maximum Gasteiger partial charge on any atom is 0.314 e. The number of hydrogen-bond donors (Lipinski definition) is 4. The van der Waals surface area contributed by atoms with Crippen LogP contribution in [0.3, 0.4) is 0 Å². The first kappa shape index (κ1) is 17.5. The molecule has 4 N–H and O–H groups in total. The van der Waals surface area contributed by atoms with Crippen LogP contribution in [0, 0.1) is 6.92 Å². The Bertz CT molecular complexity index is 878. The summed E-state index contributed by atoms with van der Waals surface area (Å²) >= 11 is 0. The van der Waals surface area contributed by atoms with Gasteiger partial charge < -0.3 is 25.7 Å². The summed E-state index contributed by atoms with van der Waals surface area (Å²) in [5.74, 6) is 2.21. The lowest BCUT2D eigenvalue weighted by Crippen LogP contribution is -2.35. The molecule has 0 atom stereocenters. The second-order valence-electron chi connectivity index (χ2n) is 5.71. The van der Waals surface area contributed by atoms with E-state index >= 15 is 0 Å². The number of aromatic amines is 1. The van der Waals surface area contributed by atoms with Crippen LogP contribution in [0.5, 0.6) is 5.75 Å². The van der Waals surface area contributed by atoms with Gasteiger partial charge in [0.15, 0.2) is 0 Å². The molecule has 3 rings (SSSR count). The summed E-state index contributed by atoms with van der Waals surface area (Å²) in [7, 11) is 1.58. The van der Waals surface area contributed by atoms with Crippen molar-refractivity contribution in [1.82, 2.24) is 25.6 Å². The molecule has 8 nitrogen and oxygen atoms in total. The number of ether oxygens (including phenoxy) is 1. The van der Waals surface area contributed by atoms with Crippen molar-refractivity contribution < 1.29 is 9.53 Å². The van der Waals surface area contributed by atoms with Gasteiger partial charge in [-0.1, -0.05) is 18.2 Å². The largest absolute Gasteiger partial charge is 0.487 e. The van der Waals surface area contributed by atoms with Crippen molar-refractivity contribution >= 4 is 22.9 Å². The maximum absolute atomic E-state index is 11.2. The van der Waals surface area contributed by atoms with Gasteiger partial charge in [-0.05, 0) is 25.1 Å². The number of fused-ring (bicyclic) bond motifs is 1. The topological polar surface area (TPSA) is 104 Å². The van der Waals surface area contributed by atoms with Crippen LogP contribution in [0.15, 0.2) is 36.4 Å². The molecule has 0 bridgehead atoms. The van der Waals surface area contributed by atoms with Crippen LogP contribution in [0.25, 0.3) is 11.0 Å². The molecule has 0 saturated heterocycles. The molecule has 0 unspecified atom stereocenters. The third-order valence-electron chi connectivity index (χ3n) is 3.72. The zero-order valence-corrected chi connectivity index (χ0v) is 14.8. The van der Waals surface area contributed by atoms with Gasteiger partial charge in [0.1, 0.15) is 29.6 Å². The first-order chi connectivity index (χ1) is 12.7. The minimum Gasteiger partial charge on any atom is -0.487 e. The van der Waals surface area contributed by atoms with Gasteiger partial charge in [0, 0.05) is 20.1 Å². The highest BCUT2D eigenvalue weighted by Gasteiger charge is 2.10. The van der Waals surface area contributed by atoms with Gasteiger partial charge in [-0.25, -0.2) is 14.8 Å². The predicted molar refractivity (Wildman–Crippen MR) is 100 cm³/mol. The molecule has 0 radical (unpaired) electrons. The second-order valence-corrected chi connectivity index (χ2v) is 5.71. The number of urea groups is 1. The van der Waals surface area contributed by atoms with Crippen molar-refractivity contribution in [2.24, 2.45) is 0 Å². The number of aromatic nitrogens is 3. The van der Waals surface area contributed by atoms with Crippen molar-refractivity contribution in [2.75, 3.05) is 25.5 Å². The van der Waals surface area contributed by atoms with Crippen LogP contribution < -0.4 is 20.7 Å². The van der Waals surface area contributed by atoms with E-state index in [0.717, 1.165) is 28.3 Å². The van der Waals surface area contributed by atoms with Crippen LogP contribution in [0.2, 0.25) is 0 Å². The van der Waals surface area contributed by atoms with Crippen molar-refractivity contribution in [3.63, 3.8) is 0 Å². The number of benzene rings is 1. The molecule has 0 aliphatic carbocycles. The van der Waals surface area contributed by atoms with Crippen LogP contribution in [-0.2, 0) is 6.61 Å². The zero-order valence-electron chi connectivity index (χ0n) is 14.8. The molecular formula is C18H22N6O2. The van der Waals surface area contributed by atoms with E-state index in [1.807, 2.05) is 43.3 Å². The third kappa shape index (κ3) is 4.41. The number of nitrogens with one attached hydrogen (secondary N) is 4. The summed E-state index contributed by atoms with van der Waals surface area (Å²) in [4.78, 5) is 23.4. The number of nitrogens with zero attached hydrogens (tertiary/aromatic N) is 2. The quantitative estimate of drug-likeness (QED) is 0.487. The van der Waals surface area contributed by atoms with Crippen LogP contribution in [0.1, 0.15) is 11.5 Å². The highest BCUT2D eigenvalue weighted by Crippen LogP contribution is 2.22. The summed E-state index contributed by atoms with van der Waals surface area (Å²) < 4.78 is 5.77. The highest BCUT2D eigenvalue weighted by molar-refractivity contribution is 5.87. The molecule has 0 spiro atoms. The fourth-order valence-corrected chi connectivity index (χ4v) is 2.51. The smallest absolute Gasteiger partial charge is 0.314 e. The molecule has 0 fully saturated rings. The minimum absolute atomic E-state index is 0.210. The van der Waals surface area contributed by atoms with Gasteiger partial charge in [0.05, 0.1) is 11.1 Å². The van der Waals surface area contributed by atoms with Gasteiger partial charge in [-0.2, -0.15) is 0 Å². The highest BCUT2D eigenvalue weighted by atomic mass is 16.5. The summed E-state index contributed by atoms with van der Waals surface area (Å²) in [6.07, 6.45) is 0. The Morgan fingerprint density at radius 3 is 2.77 bits per heavy atom. The molecule has 8 heteroatoms. The zero-order chi connectivity index (χ0) is 18.4. The van der Waals surface area contributed by atoms with E-state index < -0.39 is 0 Å². The van der Waals surface area contributed by atoms with Crippen LogP contribution in [0.4, 0.5) is 10.6 Å². The second kappa shape index (κ2) is 8.19. The van der Waals surface area contributed by atoms with Crippen molar-refractivity contribution in [2.45, 2.75) is 13.5 Å². The Labute approximate surface area is 151 Å². The van der Waals surface area contributed by atoms with E-state index in [4.69, 9.17) is 4.74 Å². The standard InChI is InChI=1S/C18H22N6O2/c1-12-22-16(20-8-9-21-18(25)19-2)15-10-13(24-17(15)23-12)11-26-14-6-4-3-5-7-14/h3-7,10H,8-9,11H2,1-2H3,(H2,19,21,25)(H2,20,22,23,24). The van der Waals surface area contributed by atoms with Gasteiger partial charge in [0.25, 0.3) is 0 Å². The van der Waals surface area contributed by atoms with Crippen molar-refractivity contribution in [3.8, 4) is 5.75 Å². The molecule has 136 valence electrons. The lowest BCUT2D eigenvalue weighted by atomic mass is 10.3. The lowest BCUT2D eigenvalue weighted by molar-refractivity contribution is 0.243. The molecule has 26 heavy (non-hydrogen) atoms. The molecule has 1 aromatic carbocycles. The predicted octanol–water partition coefficient (Wildman–Crippen LogP) is 2.19. The van der Waals surface area contributed by atoms with Crippen LogP contribution >= 0.6 is 0 Å². The van der Waals surface area contributed by atoms with Gasteiger partial charge in [-0.15, -0.1) is 0 Å². The van der Waals surface area contributed by atoms with E-state index in [-0.39, 0.29) is 6.03 Å². The summed E-state index contributed by atoms with van der Waals surface area (Å²) in [5.41, 5.74) is 1.67. The number of carbonyl (C=O) groups excluding carboxylic acids is 1. The number of para-hydroxylation sites is 1. The van der Waals surface area contributed by atoms with E-state index in [1.165, 1.54) is 0 Å². The number of hydrogen-bond acceptors (Lipinski definition) is 5. The Balaban J connectivity index is 1.68. The molecule has 0 aliphatic rings. The van der Waals surface area contributed by atoms with E-state index in [0.29, 0.717) is 25.5 Å². The molecule has 2 aromatic heterocycles. The number of H-pyrrole nitrogens is 1. The molecule has 2 heterocycles.